The molecule has 2 fully saturated rings. The van der Waals surface area contributed by atoms with Crippen molar-refractivity contribution >= 4 is 0 Å². The average molecular weight is 302 g/mol. The zero-order chi connectivity index (χ0) is 15.4. The van der Waals surface area contributed by atoms with Gasteiger partial charge in [0.25, 0.3) is 0 Å². The van der Waals surface area contributed by atoms with E-state index >= 15 is 0 Å². The first-order chi connectivity index (χ1) is 10.5. The second-order valence-electron chi connectivity index (χ2n) is 8.04. The zero-order valence-electron chi connectivity index (χ0n) is 13.8. The van der Waals surface area contributed by atoms with E-state index < -0.39 is 0 Å². The van der Waals surface area contributed by atoms with Gasteiger partial charge in [0.05, 0.1) is 18.8 Å². The molecule has 4 heteroatoms. The quantitative estimate of drug-likeness (QED) is 0.840. The highest BCUT2D eigenvalue weighted by molar-refractivity contribution is 5.34. The number of hydrogen-bond acceptors (Lipinski definition) is 4. The van der Waals surface area contributed by atoms with E-state index in [0.717, 1.165) is 19.1 Å². The average Bonchev–Trinajstić information content (AvgIpc) is 3.00. The van der Waals surface area contributed by atoms with Crippen LogP contribution in [0, 0.1) is 5.92 Å². The maximum Gasteiger partial charge on any atom is 0.218 e. The van der Waals surface area contributed by atoms with Crippen molar-refractivity contribution in [1.82, 2.24) is 9.88 Å². The molecule has 3 aliphatic heterocycles. The Kier molecular flexibility index (Phi) is 3.24. The number of rotatable bonds is 2. The molecule has 3 unspecified atom stereocenters. The summed E-state index contributed by atoms with van der Waals surface area (Å²) in [5, 5.41) is 0. The molecular formula is C18H26N2O2. The van der Waals surface area contributed by atoms with Gasteiger partial charge < -0.3 is 9.47 Å². The van der Waals surface area contributed by atoms with Crippen molar-refractivity contribution in [3.8, 4) is 5.88 Å². The van der Waals surface area contributed by atoms with Crippen LogP contribution in [0.4, 0.5) is 0 Å². The standard InChI is InChI=1S/C18H26N2O2/c1-17(2,3)22-12-18-7-5-9-20(18)15-13(10-18)11-21-16-14(15)6-4-8-19-16/h4,6,8,13,15H,5,7,9-12H2,1-3H3. The molecular weight excluding hydrogens is 276 g/mol. The van der Waals surface area contributed by atoms with Crippen molar-refractivity contribution < 1.29 is 9.47 Å². The van der Waals surface area contributed by atoms with Crippen molar-refractivity contribution in [3.63, 3.8) is 0 Å². The number of pyridine rings is 1. The maximum atomic E-state index is 6.21. The predicted octanol–water partition coefficient (Wildman–Crippen LogP) is 3.18. The Hall–Kier alpha value is -1.13. The molecule has 3 aliphatic rings. The topological polar surface area (TPSA) is 34.6 Å². The third-order valence-corrected chi connectivity index (χ3v) is 5.40. The maximum absolute atomic E-state index is 6.21. The van der Waals surface area contributed by atoms with Gasteiger partial charge in [-0.2, -0.15) is 0 Å². The third-order valence-electron chi connectivity index (χ3n) is 5.40. The number of nitrogens with zero attached hydrogens (tertiary/aromatic N) is 2. The number of ether oxygens (including phenoxy) is 2. The Bertz CT molecular complexity index is 568. The van der Waals surface area contributed by atoms with Crippen LogP contribution >= 0.6 is 0 Å². The van der Waals surface area contributed by atoms with Gasteiger partial charge in [0.1, 0.15) is 0 Å². The van der Waals surface area contributed by atoms with E-state index in [1.54, 1.807) is 0 Å². The van der Waals surface area contributed by atoms with Crippen molar-refractivity contribution in [2.45, 2.75) is 57.2 Å². The molecule has 0 spiro atoms. The third kappa shape index (κ3) is 2.24. The molecule has 0 saturated carbocycles. The number of aromatic nitrogens is 1. The lowest BCUT2D eigenvalue weighted by molar-refractivity contribution is -0.0569. The van der Waals surface area contributed by atoms with E-state index in [2.05, 4.69) is 36.7 Å². The van der Waals surface area contributed by atoms with Gasteiger partial charge in [0, 0.05) is 29.3 Å². The Morgan fingerprint density at radius 2 is 2.32 bits per heavy atom. The monoisotopic (exact) mass is 302 g/mol. The Morgan fingerprint density at radius 1 is 1.45 bits per heavy atom. The summed E-state index contributed by atoms with van der Waals surface area (Å²) in [6.45, 7) is 9.23. The minimum Gasteiger partial charge on any atom is -0.477 e. The first-order valence-corrected chi connectivity index (χ1v) is 8.47. The van der Waals surface area contributed by atoms with Crippen molar-refractivity contribution in [2.24, 2.45) is 5.92 Å². The zero-order valence-corrected chi connectivity index (χ0v) is 13.8. The molecule has 120 valence electrons. The summed E-state index contributed by atoms with van der Waals surface area (Å²) in [5.41, 5.74) is 1.40. The molecule has 0 bridgehead atoms. The predicted molar refractivity (Wildman–Crippen MR) is 85.0 cm³/mol. The molecule has 0 amide bonds. The smallest absolute Gasteiger partial charge is 0.218 e. The lowest BCUT2D eigenvalue weighted by Crippen LogP contribution is -2.45. The van der Waals surface area contributed by atoms with Crippen LogP contribution < -0.4 is 4.74 Å². The minimum absolute atomic E-state index is 0.0767. The summed E-state index contributed by atoms with van der Waals surface area (Å²) in [4.78, 5) is 7.12. The molecule has 3 atom stereocenters. The fraction of sp³-hybridized carbons (Fsp3) is 0.722. The van der Waals surface area contributed by atoms with Gasteiger partial charge in [-0.1, -0.05) is 6.07 Å². The number of fused-ring (bicyclic) bond motifs is 5. The lowest BCUT2D eigenvalue weighted by atomic mass is 9.87. The molecule has 0 radical (unpaired) electrons. The highest BCUT2D eigenvalue weighted by atomic mass is 16.5. The summed E-state index contributed by atoms with van der Waals surface area (Å²) >= 11 is 0. The molecule has 4 rings (SSSR count). The summed E-state index contributed by atoms with van der Waals surface area (Å²) in [7, 11) is 0. The van der Waals surface area contributed by atoms with Crippen LogP contribution in [0.5, 0.6) is 5.88 Å². The molecule has 1 aromatic rings. The summed E-state index contributed by atoms with van der Waals surface area (Å²) < 4.78 is 12.1. The Labute approximate surface area is 132 Å². The molecule has 22 heavy (non-hydrogen) atoms. The Morgan fingerprint density at radius 3 is 3.14 bits per heavy atom. The van der Waals surface area contributed by atoms with Crippen LogP contribution in [0.3, 0.4) is 0 Å². The van der Waals surface area contributed by atoms with Gasteiger partial charge in [0.2, 0.25) is 5.88 Å². The van der Waals surface area contributed by atoms with Crippen LogP contribution in [0.1, 0.15) is 51.6 Å². The van der Waals surface area contributed by atoms with Gasteiger partial charge >= 0.3 is 0 Å². The van der Waals surface area contributed by atoms with Gasteiger partial charge in [-0.25, -0.2) is 4.98 Å². The summed E-state index contributed by atoms with van der Waals surface area (Å²) in [5.74, 6) is 1.41. The second-order valence-corrected chi connectivity index (χ2v) is 8.04. The molecule has 0 aliphatic carbocycles. The minimum atomic E-state index is -0.0767. The van der Waals surface area contributed by atoms with E-state index in [1.165, 1.54) is 31.4 Å². The van der Waals surface area contributed by atoms with Gasteiger partial charge in [-0.05, 0) is 52.6 Å². The van der Waals surface area contributed by atoms with E-state index in [4.69, 9.17) is 9.47 Å². The summed E-state index contributed by atoms with van der Waals surface area (Å²) in [6, 6.07) is 4.69. The highest BCUT2D eigenvalue weighted by Crippen LogP contribution is 2.55. The first kappa shape index (κ1) is 14.5. The van der Waals surface area contributed by atoms with Crippen LogP contribution in [0.2, 0.25) is 0 Å². The fourth-order valence-corrected chi connectivity index (χ4v) is 4.54. The van der Waals surface area contributed by atoms with E-state index in [1.807, 2.05) is 12.3 Å². The molecule has 2 saturated heterocycles. The fourth-order valence-electron chi connectivity index (χ4n) is 4.54. The number of hydrogen-bond donors (Lipinski definition) is 0. The van der Waals surface area contributed by atoms with Crippen LogP contribution in [0.15, 0.2) is 18.3 Å². The molecule has 4 nitrogen and oxygen atoms in total. The molecule has 1 aromatic heterocycles. The highest BCUT2D eigenvalue weighted by Gasteiger charge is 2.56. The SMILES string of the molecule is CC(C)(C)OCC12CCCN1C1c3cccnc3OCC1C2. The molecule has 0 N–H and O–H groups in total. The first-order valence-electron chi connectivity index (χ1n) is 8.47. The van der Waals surface area contributed by atoms with E-state index in [9.17, 15) is 0 Å². The van der Waals surface area contributed by atoms with Crippen LogP contribution in [-0.4, -0.2) is 40.8 Å². The van der Waals surface area contributed by atoms with Gasteiger partial charge in [-0.3, -0.25) is 4.90 Å². The lowest BCUT2D eigenvalue weighted by Gasteiger charge is -2.37. The van der Waals surface area contributed by atoms with Crippen molar-refractivity contribution in [2.75, 3.05) is 19.8 Å². The normalized spacial score (nSPS) is 34.0. The van der Waals surface area contributed by atoms with Gasteiger partial charge in [0.15, 0.2) is 0 Å². The Balaban J connectivity index is 1.64. The second kappa shape index (κ2) is 4.93. The van der Waals surface area contributed by atoms with E-state index in [-0.39, 0.29) is 11.1 Å². The van der Waals surface area contributed by atoms with Gasteiger partial charge in [-0.15, -0.1) is 0 Å². The molecule has 4 heterocycles. The molecule has 0 aromatic carbocycles. The largest absolute Gasteiger partial charge is 0.477 e. The van der Waals surface area contributed by atoms with Crippen LogP contribution in [-0.2, 0) is 4.74 Å². The van der Waals surface area contributed by atoms with Crippen LogP contribution in [0.25, 0.3) is 0 Å². The summed E-state index contributed by atoms with van der Waals surface area (Å²) in [6.07, 6.45) is 5.52. The van der Waals surface area contributed by atoms with Crippen molar-refractivity contribution in [3.05, 3.63) is 23.9 Å². The van der Waals surface area contributed by atoms with E-state index in [0.29, 0.717) is 12.0 Å². The van der Waals surface area contributed by atoms with Crippen molar-refractivity contribution in [1.29, 1.82) is 0 Å².